The number of hydrogen-bond acceptors (Lipinski definition) is 3. The van der Waals surface area contributed by atoms with E-state index in [9.17, 15) is 13.2 Å². The van der Waals surface area contributed by atoms with E-state index in [2.05, 4.69) is 15.0 Å². The smallest absolute Gasteiger partial charge is 0.261 e. The summed E-state index contributed by atoms with van der Waals surface area (Å²) in [5.41, 5.74) is 2.35. The van der Waals surface area contributed by atoms with Crippen LogP contribution < -0.4 is 10.0 Å². The maximum absolute atomic E-state index is 12.9. The number of aromatic amines is 1. The molecule has 0 aliphatic heterocycles. The number of rotatable bonds is 7. The van der Waals surface area contributed by atoms with Gasteiger partial charge in [-0.1, -0.05) is 60.1 Å². The number of halogens is 1. The largest absolute Gasteiger partial charge is 0.358 e. The first kappa shape index (κ1) is 21.0. The van der Waals surface area contributed by atoms with Gasteiger partial charge in [0, 0.05) is 23.7 Å². The number of carbonyl (C=O) groups is 1. The van der Waals surface area contributed by atoms with Crippen molar-refractivity contribution in [3.8, 4) is 0 Å². The molecule has 3 aromatic carbocycles. The van der Waals surface area contributed by atoms with Crippen LogP contribution in [0.25, 0.3) is 10.9 Å². The molecule has 3 N–H and O–H groups in total. The Kier molecular flexibility index (Phi) is 5.97. The fraction of sp³-hybridized carbons (Fsp3) is 0.0870. The van der Waals surface area contributed by atoms with Gasteiger partial charge in [0.1, 0.15) is 0 Å². The quantitative estimate of drug-likeness (QED) is 0.382. The summed E-state index contributed by atoms with van der Waals surface area (Å²) in [5.74, 6) is -0.328. The Bertz CT molecular complexity index is 1330. The van der Waals surface area contributed by atoms with Crippen molar-refractivity contribution in [2.75, 3.05) is 11.3 Å². The van der Waals surface area contributed by atoms with Crippen LogP contribution in [0.15, 0.2) is 83.9 Å². The van der Waals surface area contributed by atoms with E-state index >= 15 is 0 Å². The third-order valence-corrected chi connectivity index (χ3v) is 6.53. The van der Waals surface area contributed by atoms with Crippen molar-refractivity contribution in [1.82, 2.24) is 10.3 Å². The summed E-state index contributed by atoms with van der Waals surface area (Å²) < 4.78 is 28.4. The zero-order valence-corrected chi connectivity index (χ0v) is 18.0. The van der Waals surface area contributed by atoms with Gasteiger partial charge in [0.25, 0.3) is 15.9 Å². The molecule has 1 aromatic heterocycles. The van der Waals surface area contributed by atoms with E-state index in [1.807, 2.05) is 30.3 Å². The highest BCUT2D eigenvalue weighted by atomic mass is 35.5. The van der Waals surface area contributed by atoms with Gasteiger partial charge in [-0.15, -0.1) is 0 Å². The van der Waals surface area contributed by atoms with Crippen LogP contribution >= 0.6 is 11.6 Å². The molecular weight excluding hydrogens is 434 g/mol. The third kappa shape index (κ3) is 4.73. The minimum Gasteiger partial charge on any atom is -0.358 e. The molecule has 4 aromatic rings. The van der Waals surface area contributed by atoms with Gasteiger partial charge in [-0.2, -0.15) is 0 Å². The second kappa shape index (κ2) is 8.83. The molecule has 0 saturated heterocycles. The number of carbonyl (C=O) groups excluding carboxylic acids is 1. The van der Waals surface area contributed by atoms with Crippen molar-refractivity contribution < 1.29 is 13.2 Å². The molecule has 0 bridgehead atoms. The Balaban J connectivity index is 1.49. The molecule has 0 aliphatic rings. The summed E-state index contributed by atoms with van der Waals surface area (Å²) in [6.07, 6.45) is 2.29. The first-order valence-corrected chi connectivity index (χ1v) is 11.5. The lowest BCUT2D eigenvalue weighted by Gasteiger charge is -2.11. The number of nitrogens with one attached hydrogen (secondary N) is 3. The lowest BCUT2D eigenvalue weighted by atomic mass is 10.1. The van der Waals surface area contributed by atoms with E-state index < -0.39 is 10.0 Å². The molecule has 0 fully saturated rings. The number of amides is 1. The van der Waals surface area contributed by atoms with E-state index in [1.54, 1.807) is 36.5 Å². The van der Waals surface area contributed by atoms with Crippen molar-refractivity contribution in [3.63, 3.8) is 0 Å². The van der Waals surface area contributed by atoms with Gasteiger partial charge in [0.15, 0.2) is 0 Å². The van der Waals surface area contributed by atoms with Crippen LogP contribution in [0.5, 0.6) is 0 Å². The SMILES string of the molecule is O=C(NCCc1ccccc1)c1cccc(S(=O)(=O)Nc2cccc3c(Cl)c[nH]c23)c1. The van der Waals surface area contributed by atoms with Crippen molar-refractivity contribution in [1.29, 1.82) is 0 Å². The highest BCUT2D eigenvalue weighted by Gasteiger charge is 2.18. The average Bonchev–Trinajstić information content (AvgIpc) is 3.16. The number of para-hydroxylation sites is 1. The van der Waals surface area contributed by atoms with Crippen molar-refractivity contribution >= 4 is 44.1 Å². The number of benzene rings is 3. The first-order valence-electron chi connectivity index (χ1n) is 9.65. The van der Waals surface area contributed by atoms with Crippen LogP contribution in [0.2, 0.25) is 5.02 Å². The van der Waals surface area contributed by atoms with E-state index in [4.69, 9.17) is 11.6 Å². The summed E-state index contributed by atoms with van der Waals surface area (Å²) in [7, 11) is -3.91. The first-order chi connectivity index (χ1) is 14.9. The molecule has 6 nitrogen and oxygen atoms in total. The zero-order valence-electron chi connectivity index (χ0n) is 16.4. The van der Waals surface area contributed by atoms with Crippen molar-refractivity contribution in [2.24, 2.45) is 0 Å². The van der Waals surface area contributed by atoms with Crippen molar-refractivity contribution in [2.45, 2.75) is 11.3 Å². The van der Waals surface area contributed by atoms with Crippen LogP contribution in [-0.2, 0) is 16.4 Å². The minimum absolute atomic E-state index is 0.00198. The monoisotopic (exact) mass is 453 g/mol. The predicted octanol–water partition coefficient (Wildman–Crippen LogP) is 4.59. The van der Waals surface area contributed by atoms with Gasteiger partial charge in [-0.25, -0.2) is 8.42 Å². The molecule has 0 saturated carbocycles. The lowest BCUT2D eigenvalue weighted by Crippen LogP contribution is -2.26. The highest BCUT2D eigenvalue weighted by Crippen LogP contribution is 2.29. The predicted molar refractivity (Wildman–Crippen MR) is 123 cm³/mol. The number of H-pyrrole nitrogens is 1. The molecule has 1 amide bonds. The molecule has 0 atom stereocenters. The number of aromatic nitrogens is 1. The molecule has 4 rings (SSSR count). The van der Waals surface area contributed by atoms with E-state index in [-0.39, 0.29) is 16.4 Å². The maximum Gasteiger partial charge on any atom is 0.261 e. The summed E-state index contributed by atoms with van der Waals surface area (Å²) in [4.78, 5) is 15.5. The second-order valence-corrected chi connectivity index (χ2v) is 9.08. The van der Waals surface area contributed by atoms with Crippen LogP contribution in [0.1, 0.15) is 15.9 Å². The number of fused-ring (bicyclic) bond motifs is 1. The standard InChI is InChI=1S/C23H20ClN3O3S/c24-20-15-26-22-19(20)10-5-11-21(22)27-31(29,30)18-9-4-8-17(14-18)23(28)25-13-12-16-6-2-1-3-7-16/h1-11,14-15,26-27H,12-13H2,(H,25,28). The molecule has 158 valence electrons. The second-order valence-electron chi connectivity index (χ2n) is 6.99. The highest BCUT2D eigenvalue weighted by molar-refractivity contribution is 7.92. The number of hydrogen-bond donors (Lipinski definition) is 3. The van der Waals surface area contributed by atoms with Crippen molar-refractivity contribution in [3.05, 3.63) is 95.1 Å². The number of anilines is 1. The Morgan fingerprint density at radius 2 is 1.74 bits per heavy atom. The lowest BCUT2D eigenvalue weighted by molar-refractivity contribution is 0.0954. The molecule has 0 unspecified atom stereocenters. The third-order valence-electron chi connectivity index (χ3n) is 4.86. The van der Waals surface area contributed by atoms with Gasteiger partial charge >= 0.3 is 0 Å². The van der Waals surface area contributed by atoms with Gasteiger partial charge in [-0.3, -0.25) is 9.52 Å². The Morgan fingerprint density at radius 3 is 2.55 bits per heavy atom. The fourth-order valence-corrected chi connectivity index (χ4v) is 4.61. The average molecular weight is 454 g/mol. The topological polar surface area (TPSA) is 91.1 Å². The van der Waals surface area contributed by atoms with E-state index in [0.717, 1.165) is 5.56 Å². The molecule has 8 heteroatoms. The molecule has 0 radical (unpaired) electrons. The van der Waals surface area contributed by atoms with E-state index in [1.165, 1.54) is 12.1 Å². The summed E-state index contributed by atoms with van der Waals surface area (Å²) in [5, 5.41) is 4.05. The van der Waals surface area contributed by atoms with Gasteiger partial charge in [0.2, 0.25) is 0 Å². The van der Waals surface area contributed by atoms with Gasteiger partial charge < -0.3 is 10.3 Å². The Hall–Kier alpha value is -3.29. The summed E-state index contributed by atoms with van der Waals surface area (Å²) in [6.45, 7) is 0.452. The van der Waals surface area contributed by atoms with Crippen LogP contribution in [0.4, 0.5) is 5.69 Å². The Morgan fingerprint density at radius 1 is 0.968 bits per heavy atom. The number of sulfonamides is 1. The zero-order chi connectivity index (χ0) is 21.8. The van der Waals surface area contributed by atoms with Crippen LogP contribution in [0, 0.1) is 0 Å². The molecule has 0 aliphatic carbocycles. The minimum atomic E-state index is -3.91. The van der Waals surface area contributed by atoms with E-state index in [0.29, 0.717) is 34.6 Å². The molecule has 0 spiro atoms. The maximum atomic E-state index is 12.9. The summed E-state index contributed by atoms with van der Waals surface area (Å²) in [6, 6.07) is 20.9. The molecular formula is C23H20ClN3O3S. The normalized spacial score (nSPS) is 11.4. The van der Waals surface area contributed by atoms with Crippen LogP contribution in [-0.4, -0.2) is 25.9 Å². The molecule has 31 heavy (non-hydrogen) atoms. The van der Waals surface area contributed by atoms with Crippen LogP contribution in [0.3, 0.4) is 0 Å². The van der Waals surface area contributed by atoms with Gasteiger partial charge in [-0.05, 0) is 36.2 Å². The fourth-order valence-electron chi connectivity index (χ4n) is 3.28. The molecule has 1 heterocycles. The Labute approximate surface area is 185 Å². The summed E-state index contributed by atoms with van der Waals surface area (Å²) >= 11 is 6.12. The van der Waals surface area contributed by atoms with Gasteiger partial charge in [0.05, 0.1) is 21.1 Å².